The van der Waals surface area contributed by atoms with Crippen molar-refractivity contribution in [2.45, 2.75) is 19.1 Å². The molecule has 0 bridgehead atoms. The number of alkyl halides is 1. The van der Waals surface area contributed by atoms with Gasteiger partial charge in [0, 0.05) is 5.56 Å². The predicted molar refractivity (Wildman–Crippen MR) is 80.5 cm³/mol. The maximum atomic E-state index is 13.5. The van der Waals surface area contributed by atoms with Crippen LogP contribution in [0.25, 0.3) is 11.3 Å². The number of rotatable bonds is 3. The van der Waals surface area contributed by atoms with Crippen molar-refractivity contribution >= 4 is 11.8 Å². The van der Waals surface area contributed by atoms with Gasteiger partial charge in [-0.05, 0) is 31.2 Å². The molecule has 1 aliphatic heterocycles. The summed E-state index contributed by atoms with van der Waals surface area (Å²) in [5, 5.41) is 0. The molecular weight excluding hydrogens is 304 g/mol. The fourth-order valence-corrected chi connectivity index (χ4v) is 2.44. The van der Waals surface area contributed by atoms with Gasteiger partial charge in [-0.3, -0.25) is 0 Å². The SMILES string of the molecule is COC(=O)c1cnc(N2C[C@H](F)[C@H]2C)c(-c2ccc(F)cc2)n1. The molecule has 1 aromatic carbocycles. The van der Waals surface area contributed by atoms with E-state index in [1.54, 1.807) is 24.0 Å². The van der Waals surface area contributed by atoms with Gasteiger partial charge in [-0.2, -0.15) is 0 Å². The Labute approximate surface area is 131 Å². The lowest BCUT2D eigenvalue weighted by Crippen LogP contribution is -2.57. The number of carbonyl (C=O) groups is 1. The van der Waals surface area contributed by atoms with Crippen LogP contribution in [0.5, 0.6) is 0 Å². The van der Waals surface area contributed by atoms with Gasteiger partial charge in [0.1, 0.15) is 17.7 Å². The van der Waals surface area contributed by atoms with Crippen molar-refractivity contribution < 1.29 is 18.3 Å². The van der Waals surface area contributed by atoms with E-state index in [1.165, 1.54) is 25.4 Å². The number of esters is 1. The molecule has 0 radical (unpaired) electrons. The van der Waals surface area contributed by atoms with E-state index in [1.807, 2.05) is 0 Å². The quantitative estimate of drug-likeness (QED) is 0.814. The third-order valence-corrected chi connectivity index (χ3v) is 3.92. The molecule has 120 valence electrons. The highest BCUT2D eigenvalue weighted by Gasteiger charge is 2.38. The highest BCUT2D eigenvalue weighted by molar-refractivity contribution is 5.88. The Kier molecular flexibility index (Phi) is 3.94. The van der Waals surface area contributed by atoms with Gasteiger partial charge in [0.2, 0.25) is 0 Å². The summed E-state index contributed by atoms with van der Waals surface area (Å²) in [7, 11) is 1.25. The first kappa shape index (κ1) is 15.3. The Balaban J connectivity index is 2.08. The number of hydrogen-bond donors (Lipinski definition) is 0. The topological polar surface area (TPSA) is 55.3 Å². The fourth-order valence-electron chi connectivity index (χ4n) is 2.44. The van der Waals surface area contributed by atoms with Crippen LogP contribution in [-0.2, 0) is 4.74 Å². The molecule has 1 saturated heterocycles. The minimum Gasteiger partial charge on any atom is -0.464 e. The monoisotopic (exact) mass is 319 g/mol. The largest absolute Gasteiger partial charge is 0.464 e. The Morgan fingerprint density at radius 3 is 2.61 bits per heavy atom. The third kappa shape index (κ3) is 2.74. The van der Waals surface area contributed by atoms with Crippen molar-refractivity contribution in [1.29, 1.82) is 0 Å². The average molecular weight is 319 g/mol. The van der Waals surface area contributed by atoms with Gasteiger partial charge in [-0.1, -0.05) is 0 Å². The number of ether oxygens (including phenoxy) is 1. The molecule has 0 amide bonds. The number of benzene rings is 1. The first-order valence-corrected chi connectivity index (χ1v) is 7.13. The van der Waals surface area contributed by atoms with Crippen LogP contribution in [0.4, 0.5) is 14.6 Å². The second kappa shape index (κ2) is 5.91. The molecule has 1 fully saturated rings. The van der Waals surface area contributed by atoms with Crippen molar-refractivity contribution in [1.82, 2.24) is 9.97 Å². The predicted octanol–water partition coefficient (Wildman–Crippen LogP) is 2.62. The zero-order valence-electron chi connectivity index (χ0n) is 12.7. The average Bonchev–Trinajstić information content (AvgIpc) is 2.59. The van der Waals surface area contributed by atoms with Gasteiger partial charge < -0.3 is 9.64 Å². The molecule has 1 aromatic heterocycles. The molecule has 7 heteroatoms. The summed E-state index contributed by atoms with van der Waals surface area (Å²) in [4.78, 5) is 22.0. The summed E-state index contributed by atoms with van der Waals surface area (Å²) in [6.07, 6.45) is 0.366. The zero-order chi connectivity index (χ0) is 16.6. The minimum atomic E-state index is -0.932. The highest BCUT2D eigenvalue weighted by Crippen LogP contribution is 2.34. The summed E-state index contributed by atoms with van der Waals surface area (Å²) in [6, 6.07) is 5.35. The van der Waals surface area contributed by atoms with E-state index < -0.39 is 12.1 Å². The normalized spacial score (nSPS) is 20.1. The highest BCUT2D eigenvalue weighted by atomic mass is 19.1. The smallest absolute Gasteiger partial charge is 0.358 e. The molecule has 1 aliphatic rings. The minimum absolute atomic E-state index is 0.0422. The van der Waals surface area contributed by atoms with Crippen LogP contribution in [0.15, 0.2) is 30.5 Å². The van der Waals surface area contributed by atoms with Crippen LogP contribution in [0.2, 0.25) is 0 Å². The molecule has 0 saturated carbocycles. The third-order valence-electron chi connectivity index (χ3n) is 3.92. The van der Waals surface area contributed by atoms with Crippen LogP contribution in [-0.4, -0.2) is 41.8 Å². The van der Waals surface area contributed by atoms with E-state index in [4.69, 9.17) is 0 Å². The number of anilines is 1. The van der Waals surface area contributed by atoms with Crippen molar-refractivity contribution in [3.8, 4) is 11.3 Å². The van der Waals surface area contributed by atoms with Crippen LogP contribution in [0, 0.1) is 5.82 Å². The lowest BCUT2D eigenvalue weighted by atomic mass is 10.0. The van der Waals surface area contributed by atoms with Gasteiger partial charge in [0.25, 0.3) is 0 Å². The number of aromatic nitrogens is 2. The number of hydrogen-bond acceptors (Lipinski definition) is 5. The molecule has 0 N–H and O–H groups in total. The van der Waals surface area contributed by atoms with Crippen molar-refractivity contribution in [3.05, 3.63) is 42.0 Å². The summed E-state index contributed by atoms with van der Waals surface area (Å²) >= 11 is 0. The Morgan fingerprint density at radius 1 is 1.35 bits per heavy atom. The van der Waals surface area contributed by atoms with Crippen LogP contribution in [0.1, 0.15) is 17.4 Å². The van der Waals surface area contributed by atoms with E-state index >= 15 is 0 Å². The molecular formula is C16H15F2N3O2. The molecule has 5 nitrogen and oxygen atoms in total. The maximum absolute atomic E-state index is 13.5. The molecule has 2 aromatic rings. The van der Waals surface area contributed by atoms with Crippen molar-refractivity contribution in [3.63, 3.8) is 0 Å². The van der Waals surface area contributed by atoms with E-state index in [0.717, 1.165) is 0 Å². The summed E-state index contributed by atoms with van der Waals surface area (Å²) in [5.41, 5.74) is 1.03. The van der Waals surface area contributed by atoms with Crippen LogP contribution < -0.4 is 4.90 Å². The Morgan fingerprint density at radius 2 is 2.04 bits per heavy atom. The molecule has 0 unspecified atom stereocenters. The number of halogens is 2. The summed E-state index contributed by atoms with van der Waals surface area (Å²) in [5.74, 6) is -0.536. The van der Waals surface area contributed by atoms with E-state index in [9.17, 15) is 13.6 Å². The number of methoxy groups -OCH3 is 1. The van der Waals surface area contributed by atoms with E-state index in [-0.39, 0.29) is 24.1 Å². The molecule has 0 spiro atoms. The van der Waals surface area contributed by atoms with Crippen molar-refractivity contribution in [2.24, 2.45) is 0 Å². The molecule has 23 heavy (non-hydrogen) atoms. The standard InChI is InChI=1S/C16H15F2N3O2/c1-9-12(18)8-21(9)15-14(10-3-5-11(17)6-4-10)20-13(7-19-15)16(22)23-2/h3-7,9,12H,8H2,1-2H3/t9-,12+/m1/s1. The second-order valence-electron chi connectivity index (χ2n) is 5.33. The Bertz CT molecular complexity index is 737. The van der Waals surface area contributed by atoms with E-state index in [0.29, 0.717) is 17.1 Å². The fraction of sp³-hybridized carbons (Fsp3) is 0.312. The van der Waals surface area contributed by atoms with Gasteiger partial charge >= 0.3 is 5.97 Å². The molecule has 2 atom stereocenters. The van der Waals surface area contributed by atoms with Crippen molar-refractivity contribution in [2.75, 3.05) is 18.6 Å². The van der Waals surface area contributed by atoms with Gasteiger partial charge in [-0.25, -0.2) is 23.5 Å². The summed E-state index contributed by atoms with van der Waals surface area (Å²) < 4.78 is 31.3. The molecule has 2 heterocycles. The lowest BCUT2D eigenvalue weighted by molar-refractivity contribution is 0.0593. The van der Waals surface area contributed by atoms with Gasteiger partial charge in [0.05, 0.1) is 25.9 Å². The molecule has 0 aliphatic carbocycles. The second-order valence-corrected chi connectivity index (χ2v) is 5.33. The summed E-state index contributed by atoms with van der Waals surface area (Å²) in [6.45, 7) is 1.96. The number of nitrogens with zero attached hydrogens (tertiary/aromatic N) is 3. The maximum Gasteiger partial charge on any atom is 0.358 e. The zero-order valence-corrected chi connectivity index (χ0v) is 12.7. The number of carbonyl (C=O) groups excluding carboxylic acids is 1. The first-order valence-electron chi connectivity index (χ1n) is 7.13. The van der Waals surface area contributed by atoms with Gasteiger partial charge in [0.15, 0.2) is 11.5 Å². The van der Waals surface area contributed by atoms with Gasteiger partial charge in [-0.15, -0.1) is 0 Å². The van der Waals surface area contributed by atoms with Crippen LogP contribution >= 0.6 is 0 Å². The molecule has 3 rings (SSSR count). The first-order chi connectivity index (χ1) is 11.0. The van der Waals surface area contributed by atoms with E-state index in [2.05, 4.69) is 14.7 Å². The van der Waals surface area contributed by atoms with Crippen LogP contribution in [0.3, 0.4) is 0 Å². The Hall–Kier alpha value is -2.57. The lowest BCUT2D eigenvalue weighted by Gasteiger charge is -2.43.